The van der Waals surface area contributed by atoms with Crippen LogP contribution in [0, 0.1) is 41.4 Å². The molecule has 1 aliphatic rings. The highest BCUT2D eigenvalue weighted by molar-refractivity contribution is 7.90. The van der Waals surface area contributed by atoms with Crippen LogP contribution in [0.1, 0.15) is 46.6 Å². The Hall–Kier alpha value is -5.58. The summed E-state index contributed by atoms with van der Waals surface area (Å²) < 4.78 is 67.2. The van der Waals surface area contributed by atoms with E-state index in [1.165, 1.54) is 38.6 Å². The van der Waals surface area contributed by atoms with Gasteiger partial charge in [-0.2, -0.15) is 23.7 Å². The summed E-state index contributed by atoms with van der Waals surface area (Å²) in [6, 6.07) is 10.4. The van der Waals surface area contributed by atoms with E-state index in [4.69, 9.17) is 16.9 Å². The molecule has 13 nitrogen and oxygen atoms in total. The number of fused-ring (bicyclic) bond motifs is 2. The Morgan fingerprint density at radius 3 is 2.61 bits per heavy atom. The first kappa shape index (κ1) is 40.1. The van der Waals surface area contributed by atoms with E-state index in [1.54, 1.807) is 49.2 Å². The molecule has 19 heteroatoms. The van der Waals surface area contributed by atoms with Crippen molar-refractivity contribution in [3.05, 3.63) is 79.9 Å². The van der Waals surface area contributed by atoms with Gasteiger partial charge in [0.25, 0.3) is 11.5 Å². The van der Waals surface area contributed by atoms with Gasteiger partial charge in [-0.1, -0.05) is 23.4 Å². The first-order valence-corrected chi connectivity index (χ1v) is 19.9. The topological polar surface area (TPSA) is 178 Å². The molecule has 6 rings (SSSR count). The van der Waals surface area contributed by atoms with Crippen LogP contribution in [0.4, 0.5) is 19.0 Å². The molecule has 0 unspecified atom stereocenters. The number of nitriles is 2. The third kappa shape index (κ3) is 8.62. The minimum Gasteiger partial charge on any atom is -0.355 e. The van der Waals surface area contributed by atoms with Crippen molar-refractivity contribution in [1.82, 2.24) is 29.1 Å². The molecule has 4 aromatic heterocycles. The van der Waals surface area contributed by atoms with Gasteiger partial charge in [0.1, 0.15) is 23.3 Å². The predicted molar refractivity (Wildman–Crippen MR) is 206 cm³/mol. The Bertz CT molecular complexity index is 2690. The van der Waals surface area contributed by atoms with E-state index >= 15 is 0 Å². The molecule has 0 radical (unpaired) electrons. The number of piperidine rings is 1. The number of hydrogen-bond donors (Lipinski definition) is 1. The maximum Gasteiger partial charge on any atom is 0.401 e. The molecule has 0 atom stereocenters. The summed E-state index contributed by atoms with van der Waals surface area (Å²) in [5.41, 5.74) is 1.73. The van der Waals surface area contributed by atoms with Crippen LogP contribution in [0.2, 0.25) is 5.02 Å². The second-order valence-corrected chi connectivity index (χ2v) is 16.1. The van der Waals surface area contributed by atoms with Gasteiger partial charge in [-0.25, -0.2) is 23.1 Å². The van der Waals surface area contributed by atoms with Crippen molar-refractivity contribution < 1.29 is 26.4 Å². The predicted octanol–water partition coefficient (Wildman–Crippen LogP) is 5.39. The Kier molecular flexibility index (Phi) is 11.6. The molecule has 0 aliphatic carbocycles. The number of pyridine rings is 2. The normalized spacial score (nSPS) is 13.9. The maximum absolute atomic E-state index is 14.0. The number of likely N-dealkylation sites (tertiary alicyclic amines) is 1. The number of halogens is 4. The lowest BCUT2D eigenvalue weighted by Crippen LogP contribution is -2.46. The molecule has 1 fully saturated rings. The Morgan fingerprint density at radius 2 is 1.91 bits per heavy atom. The molecule has 5 aromatic rings. The lowest BCUT2D eigenvalue weighted by Gasteiger charge is -2.37. The number of thiophene rings is 1. The van der Waals surface area contributed by atoms with Crippen molar-refractivity contribution in [1.29, 1.82) is 10.5 Å². The zero-order chi connectivity index (χ0) is 40.4. The van der Waals surface area contributed by atoms with Gasteiger partial charge in [0, 0.05) is 59.5 Å². The van der Waals surface area contributed by atoms with Crippen LogP contribution in [0.25, 0.3) is 32.2 Å². The molecular weight excluding hydrogens is 791 g/mol. The van der Waals surface area contributed by atoms with Crippen molar-refractivity contribution >= 4 is 65.8 Å². The van der Waals surface area contributed by atoms with E-state index in [9.17, 15) is 36.4 Å². The second-order valence-electron chi connectivity index (χ2n) is 12.9. The van der Waals surface area contributed by atoms with Crippen molar-refractivity contribution in [2.45, 2.75) is 44.9 Å². The fourth-order valence-corrected chi connectivity index (χ4v) is 8.62. The number of hydrogen-bond acceptors (Lipinski definition) is 12. The summed E-state index contributed by atoms with van der Waals surface area (Å²) in [7, 11) is -2.34. The molecule has 1 aliphatic heterocycles. The Balaban J connectivity index is 1.30. The van der Waals surface area contributed by atoms with Gasteiger partial charge >= 0.3 is 6.18 Å². The Labute approximate surface area is 328 Å². The average Bonchev–Trinajstić information content (AvgIpc) is 3.59. The number of anilines is 1. The molecule has 288 valence electrons. The maximum atomic E-state index is 14.0. The zero-order valence-corrected chi connectivity index (χ0v) is 32.2. The molecule has 1 N–H and O–H groups in total. The SMILES string of the molecule is Cc1nc2cnc(N(C)C3CCN(CC(F)(F)F)CC3)c(C#N)c2c(=O)n1CC#Cc1ccc(Cl)cc1-c1ccnc2c(C(=O)NS(=O)(=O)CCC#N)csc12. The van der Waals surface area contributed by atoms with Crippen LogP contribution in [-0.4, -0.2) is 83.4 Å². The molecule has 1 saturated heterocycles. The minimum atomic E-state index is -4.29. The monoisotopic (exact) mass is 821 g/mol. The molecular formula is C37H31ClF3N9O4S2. The number of amides is 1. The number of aryl methyl sites for hydroxylation is 1. The number of carbonyl (C=O) groups excluding carboxylic acids is 1. The smallest absolute Gasteiger partial charge is 0.355 e. The van der Waals surface area contributed by atoms with Gasteiger partial charge < -0.3 is 4.90 Å². The molecule has 56 heavy (non-hydrogen) atoms. The van der Waals surface area contributed by atoms with Crippen molar-refractivity contribution in [2.75, 3.05) is 37.3 Å². The molecule has 5 heterocycles. The highest BCUT2D eigenvalue weighted by Crippen LogP contribution is 2.37. The summed E-state index contributed by atoms with van der Waals surface area (Å²) in [4.78, 5) is 43.4. The van der Waals surface area contributed by atoms with E-state index in [1.807, 2.05) is 4.72 Å². The van der Waals surface area contributed by atoms with Gasteiger partial charge in [-0.15, -0.1) is 11.3 Å². The van der Waals surface area contributed by atoms with Gasteiger partial charge in [0.2, 0.25) is 10.0 Å². The Morgan fingerprint density at radius 1 is 1.16 bits per heavy atom. The third-order valence-electron chi connectivity index (χ3n) is 9.29. The summed E-state index contributed by atoms with van der Waals surface area (Å²) in [6.45, 7) is 0.978. The fourth-order valence-electron chi connectivity index (χ4n) is 6.56. The first-order valence-electron chi connectivity index (χ1n) is 17.0. The lowest BCUT2D eigenvalue weighted by atomic mass is 10.00. The summed E-state index contributed by atoms with van der Waals surface area (Å²) in [6.07, 6.45) is -0.864. The molecule has 1 aromatic carbocycles. The largest absolute Gasteiger partial charge is 0.401 e. The molecule has 0 bridgehead atoms. The van der Waals surface area contributed by atoms with Gasteiger partial charge in [-0.3, -0.25) is 24.0 Å². The van der Waals surface area contributed by atoms with Gasteiger partial charge in [-0.05, 0) is 44.0 Å². The fraction of sp³-hybridized carbons (Fsp3) is 0.324. The number of sulfonamides is 1. The van der Waals surface area contributed by atoms with E-state index in [0.29, 0.717) is 45.1 Å². The van der Waals surface area contributed by atoms with Crippen LogP contribution in [0.3, 0.4) is 0 Å². The molecule has 0 spiro atoms. The van der Waals surface area contributed by atoms with Crippen molar-refractivity contribution in [3.63, 3.8) is 0 Å². The first-order chi connectivity index (χ1) is 26.6. The summed E-state index contributed by atoms with van der Waals surface area (Å²) >= 11 is 7.58. The van der Waals surface area contributed by atoms with Crippen LogP contribution < -0.4 is 15.2 Å². The lowest BCUT2D eigenvalue weighted by molar-refractivity contribution is -0.147. The van der Waals surface area contributed by atoms with Gasteiger partial charge in [0.05, 0.1) is 64.2 Å². The highest BCUT2D eigenvalue weighted by Gasteiger charge is 2.34. The minimum absolute atomic E-state index is 0.00684. The number of alkyl halides is 3. The van der Waals surface area contributed by atoms with Crippen LogP contribution in [0.15, 0.2) is 46.8 Å². The van der Waals surface area contributed by atoms with Crippen molar-refractivity contribution in [3.8, 4) is 35.1 Å². The number of nitrogens with one attached hydrogen (secondary N) is 1. The number of benzene rings is 1. The average molecular weight is 822 g/mol. The second kappa shape index (κ2) is 16.3. The van der Waals surface area contributed by atoms with E-state index in [2.05, 4.69) is 32.9 Å². The number of aromatic nitrogens is 4. The van der Waals surface area contributed by atoms with E-state index < -0.39 is 40.0 Å². The summed E-state index contributed by atoms with van der Waals surface area (Å²) in [5, 5.41) is 20.9. The van der Waals surface area contributed by atoms with Gasteiger partial charge in [0.15, 0.2) is 0 Å². The molecule has 1 amide bonds. The third-order valence-corrected chi connectivity index (χ3v) is 11.8. The number of rotatable bonds is 9. The highest BCUT2D eigenvalue weighted by atomic mass is 35.5. The number of nitrogens with zero attached hydrogens (tertiary/aromatic N) is 8. The molecule has 0 saturated carbocycles. The number of carbonyl (C=O) groups is 1. The standard InChI is InChI=1S/C37H31ClF3N9O4S2/c1-22-46-30-19-45-34(48(2)25-9-14-49(15-10-25)21-37(39,40)41)28(18-43)31(30)36(52)50(22)13-3-5-23-6-7-24(38)17-27(23)26-8-12-44-32-29(20-55-33(26)32)35(51)47-56(53,54)16-4-11-42/h6-8,12,17,19-20,25H,4,9-10,13-16,21H2,1-2H3,(H,47,51). The van der Waals surface area contributed by atoms with E-state index in [0.717, 1.165) is 0 Å². The van der Waals surface area contributed by atoms with Crippen molar-refractivity contribution in [2.24, 2.45) is 0 Å². The van der Waals surface area contributed by atoms with Crippen LogP contribution in [-0.2, 0) is 16.6 Å². The zero-order valence-electron chi connectivity index (χ0n) is 29.8. The summed E-state index contributed by atoms with van der Waals surface area (Å²) in [5.74, 6) is 5.27. The van der Waals surface area contributed by atoms with Crippen LogP contribution >= 0.6 is 22.9 Å². The quantitative estimate of drug-likeness (QED) is 0.189. The van der Waals surface area contributed by atoms with Crippen LogP contribution in [0.5, 0.6) is 0 Å². The van der Waals surface area contributed by atoms with E-state index in [-0.39, 0.29) is 65.5 Å².